The van der Waals surface area contributed by atoms with Crippen molar-refractivity contribution in [2.45, 2.75) is 0 Å². The quantitative estimate of drug-likeness (QED) is 0.522. The molecule has 0 fully saturated rings. The fourth-order valence-corrected chi connectivity index (χ4v) is 0.634. The Balaban J connectivity index is 3.39. The first-order valence-corrected chi connectivity index (χ1v) is 2.77. The van der Waals surface area contributed by atoms with Crippen molar-refractivity contribution in [2.24, 2.45) is 0 Å². The van der Waals surface area contributed by atoms with Crippen molar-refractivity contribution < 1.29 is 15.0 Å². The fourth-order valence-electron chi connectivity index (χ4n) is 0.634. The predicted octanol–water partition coefficient (Wildman–Crippen LogP) is -0.221. The summed E-state index contributed by atoms with van der Waals surface area (Å²) >= 11 is 0. The molecule has 5 heteroatoms. The van der Waals surface area contributed by atoms with Crippen molar-refractivity contribution in [3.63, 3.8) is 0 Å². The lowest BCUT2D eigenvalue weighted by atomic mass is 10.3. The van der Waals surface area contributed by atoms with E-state index in [0.29, 0.717) is 0 Å². The monoisotopic (exact) mass is 155 g/mol. The molecule has 5 nitrogen and oxygen atoms in total. The Hall–Kier alpha value is -1.78. The number of rotatable bonds is 1. The zero-order valence-electron chi connectivity index (χ0n) is 5.37. The summed E-state index contributed by atoms with van der Waals surface area (Å²) in [6.07, 6.45) is 1.16. The van der Waals surface area contributed by atoms with Gasteiger partial charge in [-0.3, -0.25) is 4.79 Å². The van der Waals surface area contributed by atoms with E-state index in [1.54, 1.807) is 0 Å². The van der Waals surface area contributed by atoms with Crippen molar-refractivity contribution in [2.75, 3.05) is 0 Å². The third-order valence-corrected chi connectivity index (χ3v) is 1.15. The Morgan fingerprint density at radius 3 is 2.64 bits per heavy atom. The van der Waals surface area contributed by atoms with Crippen molar-refractivity contribution in [1.29, 1.82) is 0 Å². The van der Waals surface area contributed by atoms with Gasteiger partial charge in [0.15, 0.2) is 11.4 Å². The van der Waals surface area contributed by atoms with E-state index in [1.807, 2.05) is 0 Å². The lowest BCUT2D eigenvalue weighted by Gasteiger charge is -1.95. The maximum atomic E-state index is 10.6. The zero-order valence-corrected chi connectivity index (χ0v) is 5.37. The van der Waals surface area contributed by atoms with E-state index < -0.39 is 22.8 Å². The molecule has 11 heavy (non-hydrogen) atoms. The minimum atomic E-state index is -1.36. The summed E-state index contributed by atoms with van der Waals surface area (Å²) in [7, 11) is 0. The molecule has 0 aliphatic rings. The van der Waals surface area contributed by atoms with Crippen LogP contribution < -0.4 is 5.43 Å². The molecule has 0 aliphatic heterocycles. The van der Waals surface area contributed by atoms with E-state index in [9.17, 15) is 9.59 Å². The van der Waals surface area contributed by atoms with Crippen LogP contribution in [0, 0.1) is 0 Å². The zero-order chi connectivity index (χ0) is 8.43. The van der Waals surface area contributed by atoms with Crippen LogP contribution in [-0.2, 0) is 0 Å². The molecule has 1 aromatic rings. The number of hydrogen-bond donors (Lipinski definition) is 3. The molecule has 0 bridgehead atoms. The summed E-state index contributed by atoms with van der Waals surface area (Å²) in [6.45, 7) is 0. The second kappa shape index (κ2) is 2.45. The summed E-state index contributed by atoms with van der Waals surface area (Å²) in [5, 5.41) is 17.2. The highest BCUT2D eigenvalue weighted by Crippen LogP contribution is 2.05. The van der Waals surface area contributed by atoms with Gasteiger partial charge in [-0.05, 0) is 0 Å². The van der Waals surface area contributed by atoms with Crippen LogP contribution in [0.25, 0.3) is 0 Å². The molecule has 0 radical (unpaired) electrons. The van der Waals surface area contributed by atoms with Crippen LogP contribution in [0.15, 0.2) is 17.1 Å². The Bertz CT molecular complexity index is 341. The van der Waals surface area contributed by atoms with Gasteiger partial charge in [-0.15, -0.1) is 0 Å². The number of aromatic amines is 1. The predicted molar refractivity (Wildman–Crippen MR) is 35.7 cm³/mol. The van der Waals surface area contributed by atoms with E-state index in [0.717, 1.165) is 12.3 Å². The normalized spacial score (nSPS) is 9.45. The lowest BCUT2D eigenvalue weighted by Crippen LogP contribution is -2.08. The minimum absolute atomic E-state index is 0.488. The van der Waals surface area contributed by atoms with Gasteiger partial charge < -0.3 is 15.2 Å². The molecule has 0 aromatic carbocycles. The van der Waals surface area contributed by atoms with Crippen molar-refractivity contribution in [3.8, 4) is 5.75 Å². The van der Waals surface area contributed by atoms with Crippen LogP contribution in [0.3, 0.4) is 0 Å². The largest absolute Gasteiger partial charge is 0.502 e. The van der Waals surface area contributed by atoms with Gasteiger partial charge in [0.25, 0.3) is 0 Å². The molecule has 58 valence electrons. The SMILES string of the molecule is O=C(O)c1[nH]ccc(=O)c1O. The van der Waals surface area contributed by atoms with Crippen LogP contribution in [0.2, 0.25) is 0 Å². The molecule has 0 saturated heterocycles. The van der Waals surface area contributed by atoms with Crippen LogP contribution in [-0.4, -0.2) is 21.2 Å². The summed E-state index contributed by atoms with van der Waals surface area (Å²) in [5.41, 5.74) is -1.20. The Kier molecular flexibility index (Phi) is 1.63. The second-order valence-electron chi connectivity index (χ2n) is 1.87. The van der Waals surface area contributed by atoms with Crippen LogP contribution in [0.4, 0.5) is 0 Å². The highest BCUT2D eigenvalue weighted by atomic mass is 16.4. The Morgan fingerprint density at radius 2 is 2.18 bits per heavy atom. The van der Waals surface area contributed by atoms with Crippen molar-refractivity contribution in [1.82, 2.24) is 4.98 Å². The molecule has 1 rings (SSSR count). The summed E-state index contributed by atoms with van der Waals surface area (Å²) in [6, 6.07) is 1.04. The van der Waals surface area contributed by atoms with Crippen LogP contribution >= 0.6 is 0 Å². The first kappa shape index (κ1) is 7.33. The molecule has 0 unspecified atom stereocenters. The van der Waals surface area contributed by atoms with Gasteiger partial charge in [0, 0.05) is 12.3 Å². The summed E-state index contributed by atoms with van der Waals surface area (Å²) in [4.78, 5) is 23.1. The van der Waals surface area contributed by atoms with Gasteiger partial charge in [-0.1, -0.05) is 0 Å². The third kappa shape index (κ3) is 1.21. The van der Waals surface area contributed by atoms with Gasteiger partial charge in [0.2, 0.25) is 5.43 Å². The van der Waals surface area contributed by atoms with Gasteiger partial charge in [0.1, 0.15) is 0 Å². The van der Waals surface area contributed by atoms with E-state index in [4.69, 9.17) is 10.2 Å². The number of carbonyl (C=O) groups is 1. The van der Waals surface area contributed by atoms with Gasteiger partial charge in [-0.25, -0.2) is 4.79 Å². The Labute approximate surface area is 60.9 Å². The van der Waals surface area contributed by atoms with E-state index in [2.05, 4.69) is 4.98 Å². The van der Waals surface area contributed by atoms with Crippen molar-refractivity contribution >= 4 is 5.97 Å². The molecule has 0 aliphatic carbocycles. The highest BCUT2D eigenvalue weighted by molar-refractivity contribution is 5.88. The topological polar surface area (TPSA) is 90.4 Å². The molecule has 0 saturated carbocycles. The average Bonchev–Trinajstić information content (AvgIpc) is 1.94. The number of aromatic hydroxyl groups is 1. The highest BCUT2D eigenvalue weighted by Gasteiger charge is 2.10. The van der Waals surface area contributed by atoms with Crippen LogP contribution in [0.1, 0.15) is 10.5 Å². The Morgan fingerprint density at radius 1 is 1.55 bits per heavy atom. The molecule has 1 heterocycles. The summed E-state index contributed by atoms with van der Waals surface area (Å²) < 4.78 is 0. The van der Waals surface area contributed by atoms with Crippen LogP contribution in [0.5, 0.6) is 5.75 Å². The molecule has 1 aromatic heterocycles. The van der Waals surface area contributed by atoms with Gasteiger partial charge in [-0.2, -0.15) is 0 Å². The van der Waals surface area contributed by atoms with E-state index >= 15 is 0 Å². The van der Waals surface area contributed by atoms with Gasteiger partial charge >= 0.3 is 5.97 Å². The number of hydrogen-bond acceptors (Lipinski definition) is 3. The second-order valence-corrected chi connectivity index (χ2v) is 1.87. The number of carboxylic acids is 1. The number of carboxylic acid groups (broad SMARTS) is 1. The lowest BCUT2D eigenvalue weighted by molar-refractivity contribution is 0.0686. The number of H-pyrrole nitrogens is 1. The first-order chi connectivity index (χ1) is 5.13. The number of nitrogens with one attached hydrogen (secondary N) is 1. The van der Waals surface area contributed by atoms with Crippen molar-refractivity contribution in [3.05, 3.63) is 28.2 Å². The molecule has 0 spiro atoms. The molecule has 0 atom stereocenters. The third-order valence-electron chi connectivity index (χ3n) is 1.15. The minimum Gasteiger partial charge on any atom is -0.502 e. The molecule has 3 N–H and O–H groups in total. The number of pyridine rings is 1. The fraction of sp³-hybridized carbons (Fsp3) is 0. The van der Waals surface area contributed by atoms with E-state index in [-0.39, 0.29) is 0 Å². The number of aromatic nitrogens is 1. The molecular weight excluding hydrogens is 150 g/mol. The summed E-state index contributed by atoms with van der Waals surface area (Å²) in [5.74, 6) is -2.12. The van der Waals surface area contributed by atoms with E-state index in [1.165, 1.54) is 0 Å². The molecule has 0 amide bonds. The molecular formula is C6H5NO4. The standard InChI is InChI=1S/C6H5NO4/c8-3-1-2-7-4(5(3)9)6(10)11/h1-2,9H,(H,7,8)(H,10,11). The number of aromatic carboxylic acids is 1. The average molecular weight is 155 g/mol. The maximum absolute atomic E-state index is 10.6. The van der Waals surface area contributed by atoms with Gasteiger partial charge in [0.05, 0.1) is 0 Å². The maximum Gasteiger partial charge on any atom is 0.356 e. The smallest absolute Gasteiger partial charge is 0.356 e. The first-order valence-electron chi connectivity index (χ1n) is 2.77.